The normalized spacial score (nSPS) is 21.3. The van der Waals surface area contributed by atoms with Gasteiger partial charge in [-0.2, -0.15) is 4.31 Å². The average Bonchev–Trinajstić information content (AvgIpc) is 2.39. The van der Waals surface area contributed by atoms with Crippen LogP contribution in [0.3, 0.4) is 0 Å². The third kappa shape index (κ3) is 2.80. The molecule has 0 aromatic heterocycles. The van der Waals surface area contributed by atoms with Crippen LogP contribution in [0.25, 0.3) is 0 Å². The van der Waals surface area contributed by atoms with Gasteiger partial charge in [0, 0.05) is 19.0 Å². The Labute approximate surface area is 115 Å². The van der Waals surface area contributed by atoms with Crippen molar-refractivity contribution in [2.24, 2.45) is 5.92 Å². The molecule has 0 bridgehead atoms. The third-order valence-electron chi connectivity index (χ3n) is 3.55. The molecule has 102 valence electrons. The predicted octanol–water partition coefficient (Wildman–Crippen LogP) is 2.75. The smallest absolute Gasteiger partial charge is 0.207 e. The maximum absolute atomic E-state index is 12.5. The molecule has 1 heterocycles. The number of piperidine rings is 1. The molecule has 4 heteroatoms. The van der Waals surface area contributed by atoms with Gasteiger partial charge in [-0.15, -0.1) is 6.58 Å². The van der Waals surface area contributed by atoms with E-state index in [-0.39, 0.29) is 5.92 Å². The Morgan fingerprint density at radius 2 is 1.95 bits per heavy atom. The van der Waals surface area contributed by atoms with Crippen molar-refractivity contribution in [3.8, 4) is 0 Å². The molecule has 0 N–H and O–H groups in total. The first-order valence-electron chi connectivity index (χ1n) is 6.32. The molecule has 2 rings (SSSR count). The van der Waals surface area contributed by atoms with Gasteiger partial charge in [0.2, 0.25) is 10.0 Å². The summed E-state index contributed by atoms with van der Waals surface area (Å²) in [6, 6.07) is 6.97. The van der Waals surface area contributed by atoms with Gasteiger partial charge >= 0.3 is 0 Å². The highest BCUT2D eigenvalue weighted by Crippen LogP contribution is 2.27. The molecular formula is C15H19NO2S. The fourth-order valence-corrected chi connectivity index (χ4v) is 3.68. The lowest BCUT2D eigenvalue weighted by molar-refractivity contribution is 0.353. The Bertz CT molecular complexity index is 587. The number of aryl methyl sites for hydroxylation is 1. The van der Waals surface area contributed by atoms with E-state index in [4.69, 9.17) is 0 Å². The van der Waals surface area contributed by atoms with Crippen molar-refractivity contribution in [2.75, 3.05) is 13.1 Å². The van der Waals surface area contributed by atoms with E-state index in [1.165, 1.54) is 4.31 Å². The molecule has 1 fully saturated rings. The highest BCUT2D eigenvalue weighted by atomic mass is 32.2. The number of hydrogen-bond acceptors (Lipinski definition) is 2. The van der Waals surface area contributed by atoms with E-state index in [0.717, 1.165) is 11.1 Å². The van der Waals surface area contributed by atoms with Gasteiger partial charge in [0.15, 0.2) is 0 Å². The predicted molar refractivity (Wildman–Crippen MR) is 77.4 cm³/mol. The Balaban J connectivity index is 2.27. The number of nitrogens with zero attached hydrogens (tertiary/aromatic N) is 1. The van der Waals surface area contributed by atoms with Crippen LogP contribution in [-0.2, 0) is 10.0 Å². The van der Waals surface area contributed by atoms with Crippen molar-refractivity contribution >= 4 is 10.0 Å². The summed E-state index contributed by atoms with van der Waals surface area (Å²) >= 11 is 0. The second-order valence-corrected chi connectivity index (χ2v) is 6.86. The topological polar surface area (TPSA) is 37.4 Å². The summed E-state index contributed by atoms with van der Waals surface area (Å²) in [4.78, 5) is 0.355. The lowest BCUT2D eigenvalue weighted by Gasteiger charge is -2.32. The standard InChI is InChI=1S/C15H19NO2S/c1-4-14-11-16(10-9-13(14)3)19(17,18)15-7-5-12(2)6-8-15/h4-8,14H,1,3,9-11H2,2H3. The molecule has 3 nitrogen and oxygen atoms in total. The van der Waals surface area contributed by atoms with E-state index in [1.54, 1.807) is 18.2 Å². The first kappa shape index (κ1) is 14.0. The summed E-state index contributed by atoms with van der Waals surface area (Å²) in [7, 11) is -3.40. The van der Waals surface area contributed by atoms with Crippen molar-refractivity contribution in [3.63, 3.8) is 0 Å². The summed E-state index contributed by atoms with van der Waals surface area (Å²) in [6.45, 7) is 10.6. The third-order valence-corrected chi connectivity index (χ3v) is 5.43. The van der Waals surface area contributed by atoms with E-state index in [2.05, 4.69) is 13.2 Å². The van der Waals surface area contributed by atoms with Gasteiger partial charge in [-0.25, -0.2) is 8.42 Å². The molecule has 1 aliphatic heterocycles. The zero-order valence-electron chi connectivity index (χ0n) is 11.2. The monoisotopic (exact) mass is 277 g/mol. The molecule has 1 unspecified atom stereocenters. The fourth-order valence-electron chi connectivity index (χ4n) is 2.21. The highest BCUT2D eigenvalue weighted by Gasteiger charge is 2.30. The molecule has 0 amide bonds. The summed E-state index contributed by atoms with van der Waals surface area (Å²) in [6.07, 6.45) is 2.47. The second kappa shape index (κ2) is 5.31. The van der Waals surface area contributed by atoms with Crippen molar-refractivity contribution in [3.05, 3.63) is 54.6 Å². The van der Waals surface area contributed by atoms with Crippen LogP contribution in [0.5, 0.6) is 0 Å². The Morgan fingerprint density at radius 3 is 2.53 bits per heavy atom. The number of benzene rings is 1. The van der Waals surface area contributed by atoms with Crippen LogP contribution in [-0.4, -0.2) is 25.8 Å². The van der Waals surface area contributed by atoms with E-state index in [0.29, 0.717) is 24.4 Å². The minimum absolute atomic E-state index is 0.0500. The molecular weight excluding hydrogens is 258 g/mol. The zero-order valence-corrected chi connectivity index (χ0v) is 12.0. The number of rotatable bonds is 3. The quantitative estimate of drug-likeness (QED) is 0.797. The minimum atomic E-state index is -3.40. The van der Waals surface area contributed by atoms with Crippen molar-refractivity contribution in [1.82, 2.24) is 4.31 Å². The van der Waals surface area contributed by atoms with Gasteiger partial charge in [0.05, 0.1) is 4.90 Å². The maximum atomic E-state index is 12.5. The second-order valence-electron chi connectivity index (χ2n) is 4.93. The molecule has 0 saturated carbocycles. The first-order chi connectivity index (χ1) is 8.95. The van der Waals surface area contributed by atoms with Crippen molar-refractivity contribution in [1.29, 1.82) is 0 Å². The molecule has 1 aromatic carbocycles. The van der Waals surface area contributed by atoms with Gasteiger partial charge in [-0.05, 0) is 25.5 Å². The van der Waals surface area contributed by atoms with E-state index < -0.39 is 10.0 Å². The lowest BCUT2D eigenvalue weighted by Crippen LogP contribution is -2.40. The average molecular weight is 277 g/mol. The van der Waals surface area contributed by atoms with Crippen LogP contribution < -0.4 is 0 Å². The molecule has 0 spiro atoms. The van der Waals surface area contributed by atoms with Gasteiger partial charge < -0.3 is 0 Å². The largest absolute Gasteiger partial charge is 0.243 e. The van der Waals surface area contributed by atoms with E-state index in [9.17, 15) is 8.42 Å². The van der Waals surface area contributed by atoms with Crippen LogP contribution in [0.1, 0.15) is 12.0 Å². The lowest BCUT2D eigenvalue weighted by atomic mass is 9.95. The van der Waals surface area contributed by atoms with Crippen molar-refractivity contribution in [2.45, 2.75) is 18.2 Å². The molecule has 19 heavy (non-hydrogen) atoms. The molecule has 1 atom stereocenters. The van der Waals surface area contributed by atoms with Crippen LogP contribution in [0.4, 0.5) is 0 Å². The maximum Gasteiger partial charge on any atom is 0.243 e. The summed E-state index contributed by atoms with van der Waals surface area (Å²) < 4.78 is 26.6. The van der Waals surface area contributed by atoms with Crippen LogP contribution in [0.2, 0.25) is 0 Å². The Kier molecular flexibility index (Phi) is 3.92. The Hall–Kier alpha value is -1.39. The zero-order chi connectivity index (χ0) is 14.0. The van der Waals surface area contributed by atoms with Crippen LogP contribution in [0, 0.1) is 12.8 Å². The fraction of sp³-hybridized carbons (Fsp3) is 0.333. The van der Waals surface area contributed by atoms with Crippen LogP contribution >= 0.6 is 0 Å². The molecule has 0 aliphatic carbocycles. The SMILES string of the molecule is C=CC1CN(S(=O)(=O)c2ccc(C)cc2)CCC1=C. The summed E-state index contributed by atoms with van der Waals surface area (Å²) in [5.74, 6) is 0.0500. The molecule has 1 saturated heterocycles. The van der Waals surface area contributed by atoms with Gasteiger partial charge in [-0.3, -0.25) is 0 Å². The molecule has 1 aromatic rings. The van der Waals surface area contributed by atoms with E-state index >= 15 is 0 Å². The van der Waals surface area contributed by atoms with Gasteiger partial charge in [-0.1, -0.05) is 35.9 Å². The summed E-state index contributed by atoms with van der Waals surface area (Å²) in [5.41, 5.74) is 2.11. The first-order valence-corrected chi connectivity index (χ1v) is 7.76. The number of hydrogen-bond donors (Lipinski definition) is 0. The summed E-state index contributed by atoms with van der Waals surface area (Å²) in [5, 5.41) is 0. The molecule has 0 radical (unpaired) electrons. The van der Waals surface area contributed by atoms with E-state index in [1.807, 2.05) is 19.1 Å². The Morgan fingerprint density at radius 1 is 1.32 bits per heavy atom. The van der Waals surface area contributed by atoms with Gasteiger partial charge in [0.25, 0.3) is 0 Å². The van der Waals surface area contributed by atoms with Gasteiger partial charge in [0.1, 0.15) is 0 Å². The number of sulfonamides is 1. The molecule has 1 aliphatic rings. The highest BCUT2D eigenvalue weighted by molar-refractivity contribution is 7.89. The van der Waals surface area contributed by atoms with Crippen molar-refractivity contribution < 1.29 is 8.42 Å². The minimum Gasteiger partial charge on any atom is -0.207 e. The van der Waals surface area contributed by atoms with Crippen LogP contribution in [0.15, 0.2) is 54.0 Å².